The summed E-state index contributed by atoms with van der Waals surface area (Å²) in [4.78, 5) is 2.26. The summed E-state index contributed by atoms with van der Waals surface area (Å²) in [7, 11) is 2.10. The molecule has 5 heteroatoms. The molecule has 3 rings (SSSR count). The van der Waals surface area contributed by atoms with Crippen molar-refractivity contribution in [2.24, 2.45) is 0 Å². The first-order valence-corrected chi connectivity index (χ1v) is 7.39. The van der Waals surface area contributed by atoms with E-state index in [2.05, 4.69) is 53.4 Å². The smallest absolute Gasteiger partial charge is 0.124 e. The van der Waals surface area contributed by atoms with Gasteiger partial charge in [0, 0.05) is 25.0 Å². The third-order valence-electron chi connectivity index (χ3n) is 3.98. The van der Waals surface area contributed by atoms with E-state index in [9.17, 15) is 0 Å². The van der Waals surface area contributed by atoms with E-state index in [0.717, 1.165) is 18.8 Å². The Labute approximate surface area is 130 Å². The Morgan fingerprint density at radius 1 is 1.18 bits per heavy atom. The van der Waals surface area contributed by atoms with E-state index in [1.165, 1.54) is 11.1 Å². The number of benzene rings is 1. The van der Waals surface area contributed by atoms with Gasteiger partial charge in [-0.2, -0.15) is 5.10 Å². The molecule has 2 aromatic heterocycles. The minimum absolute atomic E-state index is 0.205. The number of hydrogen-bond donors (Lipinski definition) is 0. The van der Waals surface area contributed by atoms with Crippen LogP contribution in [0.1, 0.15) is 29.8 Å². The van der Waals surface area contributed by atoms with Crippen molar-refractivity contribution in [3.05, 3.63) is 71.9 Å². The lowest BCUT2D eigenvalue weighted by Gasteiger charge is -2.24. The molecule has 0 aliphatic heterocycles. The second-order valence-corrected chi connectivity index (χ2v) is 5.49. The van der Waals surface area contributed by atoms with E-state index in [4.69, 9.17) is 4.52 Å². The lowest BCUT2D eigenvalue weighted by atomic mass is 10.1. The first-order chi connectivity index (χ1) is 10.7. The molecule has 0 saturated heterocycles. The van der Waals surface area contributed by atoms with Crippen molar-refractivity contribution in [3.8, 4) is 0 Å². The molecule has 0 fully saturated rings. The maximum atomic E-state index is 4.94. The molecule has 3 aromatic rings. The van der Waals surface area contributed by atoms with Gasteiger partial charge >= 0.3 is 0 Å². The van der Waals surface area contributed by atoms with Gasteiger partial charge in [-0.25, -0.2) is 0 Å². The third kappa shape index (κ3) is 3.26. The lowest BCUT2D eigenvalue weighted by Crippen LogP contribution is -2.23. The predicted molar refractivity (Wildman–Crippen MR) is 84.2 cm³/mol. The van der Waals surface area contributed by atoms with Crippen LogP contribution in [0.3, 0.4) is 0 Å². The van der Waals surface area contributed by atoms with Gasteiger partial charge in [-0.3, -0.25) is 9.58 Å². The molecule has 5 nitrogen and oxygen atoms in total. The minimum Gasteiger partial charge on any atom is -0.364 e. The van der Waals surface area contributed by atoms with Crippen LogP contribution in [0.5, 0.6) is 0 Å². The largest absolute Gasteiger partial charge is 0.364 e. The molecule has 2 heterocycles. The van der Waals surface area contributed by atoms with Crippen LogP contribution in [-0.4, -0.2) is 26.9 Å². The summed E-state index contributed by atoms with van der Waals surface area (Å²) >= 11 is 0. The lowest BCUT2D eigenvalue weighted by molar-refractivity contribution is 0.240. The van der Waals surface area contributed by atoms with Crippen molar-refractivity contribution in [1.82, 2.24) is 19.8 Å². The molecule has 0 spiro atoms. The van der Waals surface area contributed by atoms with E-state index in [1.54, 1.807) is 12.5 Å². The monoisotopic (exact) mass is 296 g/mol. The van der Waals surface area contributed by atoms with Crippen molar-refractivity contribution in [2.75, 3.05) is 7.05 Å². The number of rotatable bonds is 6. The third-order valence-corrected chi connectivity index (χ3v) is 3.98. The molecule has 22 heavy (non-hydrogen) atoms. The fourth-order valence-electron chi connectivity index (χ4n) is 2.50. The van der Waals surface area contributed by atoms with E-state index in [0.29, 0.717) is 0 Å². The Hall–Kier alpha value is -2.40. The van der Waals surface area contributed by atoms with Crippen molar-refractivity contribution >= 4 is 0 Å². The zero-order valence-corrected chi connectivity index (χ0v) is 12.9. The molecular weight excluding hydrogens is 276 g/mol. The highest BCUT2D eigenvalue weighted by atomic mass is 16.5. The van der Waals surface area contributed by atoms with Crippen LogP contribution in [0.2, 0.25) is 0 Å². The quantitative estimate of drug-likeness (QED) is 0.701. The van der Waals surface area contributed by atoms with Gasteiger partial charge in [0.1, 0.15) is 12.0 Å². The SMILES string of the molecule is C[C@H](c1ccon1)N(C)Cc1ccccc1Cn1cccn1. The van der Waals surface area contributed by atoms with Crippen LogP contribution >= 0.6 is 0 Å². The van der Waals surface area contributed by atoms with E-state index < -0.39 is 0 Å². The van der Waals surface area contributed by atoms with Crippen LogP contribution < -0.4 is 0 Å². The van der Waals surface area contributed by atoms with Crippen molar-refractivity contribution in [1.29, 1.82) is 0 Å². The Morgan fingerprint density at radius 2 is 2.00 bits per heavy atom. The van der Waals surface area contributed by atoms with Gasteiger partial charge in [0.25, 0.3) is 0 Å². The fourth-order valence-corrected chi connectivity index (χ4v) is 2.50. The van der Waals surface area contributed by atoms with E-state index in [-0.39, 0.29) is 6.04 Å². The topological polar surface area (TPSA) is 47.1 Å². The van der Waals surface area contributed by atoms with Crippen LogP contribution in [0.4, 0.5) is 0 Å². The summed E-state index contributed by atoms with van der Waals surface area (Å²) in [5.41, 5.74) is 3.54. The zero-order chi connectivity index (χ0) is 15.4. The summed E-state index contributed by atoms with van der Waals surface area (Å²) < 4.78 is 6.89. The normalized spacial score (nSPS) is 12.7. The Kier molecular flexibility index (Phi) is 4.34. The maximum Gasteiger partial charge on any atom is 0.124 e. The second kappa shape index (κ2) is 6.58. The molecule has 0 aliphatic carbocycles. The van der Waals surface area contributed by atoms with Gasteiger partial charge in [0.15, 0.2) is 0 Å². The summed E-state index contributed by atoms with van der Waals surface area (Å²) in [5.74, 6) is 0. The van der Waals surface area contributed by atoms with Crippen molar-refractivity contribution in [3.63, 3.8) is 0 Å². The molecule has 0 radical (unpaired) electrons. The molecule has 1 aromatic carbocycles. The highest BCUT2D eigenvalue weighted by molar-refractivity contribution is 5.27. The highest BCUT2D eigenvalue weighted by Crippen LogP contribution is 2.20. The Morgan fingerprint density at radius 3 is 2.68 bits per heavy atom. The average Bonchev–Trinajstić information content (AvgIpc) is 3.21. The van der Waals surface area contributed by atoms with Gasteiger partial charge in [-0.15, -0.1) is 0 Å². The summed E-state index contributed by atoms with van der Waals surface area (Å²) in [6.45, 7) is 3.77. The predicted octanol–water partition coefficient (Wildman–Crippen LogP) is 3.11. The molecular formula is C17H20N4O. The van der Waals surface area contributed by atoms with Crippen molar-refractivity contribution in [2.45, 2.75) is 26.1 Å². The van der Waals surface area contributed by atoms with Crippen LogP contribution in [0, 0.1) is 0 Å². The van der Waals surface area contributed by atoms with Gasteiger partial charge in [0.2, 0.25) is 0 Å². The van der Waals surface area contributed by atoms with Gasteiger partial charge in [-0.05, 0) is 31.2 Å². The first kappa shape index (κ1) is 14.5. The summed E-state index contributed by atoms with van der Waals surface area (Å²) in [6, 6.07) is 12.5. The molecule has 0 aliphatic rings. The van der Waals surface area contributed by atoms with Gasteiger partial charge < -0.3 is 4.52 Å². The van der Waals surface area contributed by atoms with Gasteiger partial charge in [0.05, 0.1) is 12.6 Å². The van der Waals surface area contributed by atoms with Gasteiger partial charge in [-0.1, -0.05) is 29.4 Å². The molecule has 0 amide bonds. The molecule has 0 bridgehead atoms. The standard InChI is InChI=1S/C17H20N4O/c1-14(17-8-11-22-19-17)20(2)12-15-6-3-4-7-16(15)13-21-10-5-9-18-21/h3-11,14H,12-13H2,1-2H3/t14-/m1/s1. The zero-order valence-electron chi connectivity index (χ0n) is 12.9. The molecule has 0 unspecified atom stereocenters. The molecule has 0 saturated carbocycles. The summed E-state index contributed by atoms with van der Waals surface area (Å²) in [5, 5.41) is 8.32. The molecule has 0 N–H and O–H groups in total. The second-order valence-electron chi connectivity index (χ2n) is 5.49. The van der Waals surface area contributed by atoms with Crippen LogP contribution in [0.25, 0.3) is 0 Å². The van der Waals surface area contributed by atoms with E-state index in [1.807, 2.05) is 23.0 Å². The van der Waals surface area contributed by atoms with Crippen LogP contribution in [-0.2, 0) is 13.1 Å². The van der Waals surface area contributed by atoms with E-state index >= 15 is 0 Å². The maximum absolute atomic E-state index is 4.94. The average molecular weight is 296 g/mol. The number of hydrogen-bond acceptors (Lipinski definition) is 4. The van der Waals surface area contributed by atoms with Crippen molar-refractivity contribution < 1.29 is 4.52 Å². The minimum atomic E-state index is 0.205. The first-order valence-electron chi connectivity index (χ1n) is 7.39. The molecule has 114 valence electrons. The number of nitrogens with zero attached hydrogens (tertiary/aromatic N) is 4. The van der Waals surface area contributed by atoms with Crippen LogP contribution in [0.15, 0.2) is 59.6 Å². The number of aromatic nitrogens is 3. The Balaban J connectivity index is 1.74. The fraction of sp³-hybridized carbons (Fsp3) is 0.294. The Bertz CT molecular complexity index is 691. The summed E-state index contributed by atoms with van der Waals surface area (Å²) in [6.07, 6.45) is 5.41. The molecule has 1 atom stereocenters. The highest BCUT2D eigenvalue weighted by Gasteiger charge is 2.15.